The molecule has 0 aromatic rings. The molecule has 1 fully saturated rings. The number of hydrogen-bond donors (Lipinski definition) is 0. The topological polar surface area (TPSA) is 89.5 Å². The fraction of sp³-hybridized carbons (Fsp3) is 1.00. The van der Waals surface area contributed by atoms with E-state index in [9.17, 15) is 8.42 Å². The summed E-state index contributed by atoms with van der Waals surface area (Å²) in [4.78, 5) is 0. The molecule has 2 atom stereocenters. The van der Waals surface area contributed by atoms with Crippen molar-refractivity contribution in [2.75, 3.05) is 26.9 Å². The molecule has 8 nitrogen and oxygen atoms in total. The Kier molecular flexibility index (Phi) is 11.8. The molecule has 158 valence electrons. The SMILES string of the molecule is CC.COC(C)(C)O[C@@H]1CCOC(COS(=O)(=O)Cl)OC(C)(C)OCC1. The Morgan fingerprint density at radius 3 is 2.31 bits per heavy atom. The molecule has 26 heavy (non-hydrogen) atoms. The van der Waals surface area contributed by atoms with Crippen LogP contribution in [0.3, 0.4) is 0 Å². The molecule has 1 heterocycles. The van der Waals surface area contributed by atoms with Gasteiger partial charge in [-0.3, -0.25) is 4.18 Å². The maximum Gasteiger partial charge on any atom is 0.355 e. The fourth-order valence-corrected chi connectivity index (χ4v) is 2.51. The first-order valence-electron chi connectivity index (χ1n) is 8.68. The van der Waals surface area contributed by atoms with E-state index in [0.29, 0.717) is 19.4 Å². The molecule has 1 aliphatic heterocycles. The van der Waals surface area contributed by atoms with Crippen molar-refractivity contribution in [3.63, 3.8) is 0 Å². The van der Waals surface area contributed by atoms with Crippen molar-refractivity contribution in [1.82, 2.24) is 0 Å². The lowest BCUT2D eigenvalue weighted by atomic mass is 10.2. The van der Waals surface area contributed by atoms with Crippen LogP contribution in [0.5, 0.6) is 0 Å². The Balaban J connectivity index is 0.00000301. The molecule has 1 saturated heterocycles. The summed E-state index contributed by atoms with van der Waals surface area (Å²) in [5.74, 6) is -1.71. The van der Waals surface area contributed by atoms with E-state index in [0.717, 1.165) is 0 Å². The largest absolute Gasteiger partial charge is 0.355 e. The lowest BCUT2D eigenvalue weighted by Gasteiger charge is -2.34. The van der Waals surface area contributed by atoms with Gasteiger partial charge < -0.3 is 23.7 Å². The van der Waals surface area contributed by atoms with Crippen molar-refractivity contribution in [2.45, 2.75) is 78.4 Å². The lowest BCUT2D eigenvalue weighted by Crippen LogP contribution is -2.41. The summed E-state index contributed by atoms with van der Waals surface area (Å²) in [5.41, 5.74) is 0. The Morgan fingerprint density at radius 2 is 1.77 bits per heavy atom. The summed E-state index contributed by atoms with van der Waals surface area (Å²) in [5, 5.41) is 0. The summed E-state index contributed by atoms with van der Waals surface area (Å²) in [6.45, 7) is 11.4. The maximum atomic E-state index is 10.9. The summed E-state index contributed by atoms with van der Waals surface area (Å²) >= 11 is 0. The molecule has 0 saturated carbocycles. The Morgan fingerprint density at radius 1 is 1.19 bits per heavy atom. The number of halogens is 1. The molecule has 1 rings (SSSR count). The minimum absolute atomic E-state index is 0.146. The molecule has 0 spiro atoms. The summed E-state index contributed by atoms with van der Waals surface area (Å²) in [6, 6.07) is 0. The maximum absolute atomic E-state index is 10.9. The minimum atomic E-state index is -4.11. The van der Waals surface area contributed by atoms with Crippen LogP contribution in [-0.4, -0.2) is 59.3 Å². The van der Waals surface area contributed by atoms with Crippen LogP contribution in [-0.2, 0) is 37.2 Å². The van der Waals surface area contributed by atoms with Gasteiger partial charge in [0.05, 0.1) is 19.3 Å². The van der Waals surface area contributed by atoms with Crippen LogP contribution < -0.4 is 0 Å². The highest BCUT2D eigenvalue weighted by molar-refractivity contribution is 8.09. The Labute approximate surface area is 162 Å². The number of hydrogen-bond acceptors (Lipinski definition) is 8. The average molecular weight is 421 g/mol. The van der Waals surface area contributed by atoms with Gasteiger partial charge in [0, 0.05) is 17.8 Å². The molecular weight excluding hydrogens is 388 g/mol. The fourth-order valence-electron chi connectivity index (χ4n) is 2.08. The van der Waals surface area contributed by atoms with Crippen LogP contribution in [0.4, 0.5) is 0 Å². The van der Waals surface area contributed by atoms with Gasteiger partial charge in [-0.15, -0.1) is 0 Å². The highest BCUT2D eigenvalue weighted by Gasteiger charge is 2.30. The van der Waals surface area contributed by atoms with Crippen molar-refractivity contribution in [3.05, 3.63) is 0 Å². The van der Waals surface area contributed by atoms with Crippen LogP contribution in [0, 0.1) is 0 Å². The molecule has 0 radical (unpaired) electrons. The molecular formula is C16H33ClO8S. The molecule has 0 bridgehead atoms. The predicted octanol–water partition coefficient (Wildman–Crippen LogP) is 3.19. The first-order chi connectivity index (χ1) is 11.9. The zero-order valence-electron chi connectivity index (χ0n) is 16.7. The van der Waals surface area contributed by atoms with Crippen molar-refractivity contribution in [2.24, 2.45) is 0 Å². The van der Waals surface area contributed by atoms with E-state index < -0.39 is 27.2 Å². The first-order valence-corrected chi connectivity index (χ1v) is 10.9. The van der Waals surface area contributed by atoms with Gasteiger partial charge in [0.15, 0.2) is 17.9 Å². The Bertz CT molecular complexity index is 481. The monoisotopic (exact) mass is 420 g/mol. The standard InChI is InChI=1S/C14H27ClO8S.C2H6/c1-13(2,18-5)22-11-6-8-19-12(10-21-24(15,16)17)23-14(3,4)20-9-7-11;1-2/h11-12H,6-10H2,1-5H3;1-2H3/t11-,12?;/m1./s1. The lowest BCUT2D eigenvalue weighted by molar-refractivity contribution is -0.309. The minimum Gasteiger partial charge on any atom is -0.354 e. The smallest absolute Gasteiger partial charge is 0.354 e. The second-order valence-electron chi connectivity index (χ2n) is 6.27. The van der Waals surface area contributed by atoms with E-state index in [-0.39, 0.29) is 19.3 Å². The zero-order valence-corrected chi connectivity index (χ0v) is 18.3. The number of methoxy groups -OCH3 is 1. The molecule has 0 aromatic heterocycles. The van der Waals surface area contributed by atoms with Gasteiger partial charge in [-0.25, -0.2) is 0 Å². The summed E-state index contributed by atoms with van der Waals surface area (Å²) in [7, 11) is 2.51. The van der Waals surface area contributed by atoms with Crippen molar-refractivity contribution < 1.29 is 36.3 Å². The number of rotatable bonds is 6. The van der Waals surface area contributed by atoms with Gasteiger partial charge in [0.1, 0.15) is 6.61 Å². The highest BCUT2D eigenvalue weighted by Crippen LogP contribution is 2.22. The highest BCUT2D eigenvalue weighted by atomic mass is 35.7. The number of ether oxygens (including phenoxy) is 5. The molecule has 0 aromatic carbocycles. The average Bonchev–Trinajstić information content (AvgIpc) is 2.52. The molecule has 1 unspecified atom stereocenters. The van der Waals surface area contributed by atoms with E-state index in [4.69, 9.17) is 34.4 Å². The molecule has 0 amide bonds. The van der Waals surface area contributed by atoms with E-state index in [1.165, 1.54) is 0 Å². The van der Waals surface area contributed by atoms with Crippen LogP contribution in [0.2, 0.25) is 0 Å². The van der Waals surface area contributed by atoms with Crippen LogP contribution >= 0.6 is 10.7 Å². The van der Waals surface area contributed by atoms with Gasteiger partial charge >= 0.3 is 9.33 Å². The first kappa shape index (κ1) is 26.0. The quantitative estimate of drug-likeness (QED) is 0.478. The van der Waals surface area contributed by atoms with E-state index >= 15 is 0 Å². The summed E-state index contributed by atoms with van der Waals surface area (Å²) in [6.07, 6.45) is 0.111. The van der Waals surface area contributed by atoms with Gasteiger partial charge in [-0.1, -0.05) is 13.8 Å². The predicted molar refractivity (Wildman–Crippen MR) is 98.1 cm³/mol. The van der Waals surface area contributed by atoms with E-state index in [1.807, 2.05) is 27.7 Å². The van der Waals surface area contributed by atoms with Gasteiger partial charge in [-0.2, -0.15) is 8.42 Å². The van der Waals surface area contributed by atoms with Crippen LogP contribution in [0.15, 0.2) is 0 Å². The van der Waals surface area contributed by atoms with Gasteiger partial charge in [-0.05, 0) is 40.5 Å². The van der Waals surface area contributed by atoms with Crippen LogP contribution in [0.1, 0.15) is 54.4 Å². The van der Waals surface area contributed by atoms with Crippen molar-refractivity contribution in [1.29, 1.82) is 0 Å². The van der Waals surface area contributed by atoms with Gasteiger partial charge in [0.2, 0.25) is 0 Å². The third kappa shape index (κ3) is 12.4. The van der Waals surface area contributed by atoms with Crippen molar-refractivity contribution >= 4 is 20.0 Å². The molecule has 1 aliphatic rings. The second-order valence-corrected chi connectivity index (χ2v) is 8.42. The molecule has 0 aliphatic carbocycles. The second kappa shape index (κ2) is 11.8. The van der Waals surface area contributed by atoms with Crippen LogP contribution in [0.25, 0.3) is 0 Å². The van der Waals surface area contributed by atoms with E-state index in [2.05, 4.69) is 4.18 Å². The van der Waals surface area contributed by atoms with E-state index in [1.54, 1.807) is 21.0 Å². The van der Waals surface area contributed by atoms with Crippen molar-refractivity contribution in [3.8, 4) is 0 Å². The Hall–Kier alpha value is -0.0000000000000000694. The zero-order chi connectivity index (χ0) is 20.4. The third-order valence-corrected chi connectivity index (χ3v) is 4.02. The molecule has 10 heteroatoms. The normalized spacial score (nSPS) is 25.1. The molecule has 0 N–H and O–H groups in total. The third-order valence-electron chi connectivity index (χ3n) is 3.34. The summed E-state index contributed by atoms with van der Waals surface area (Å²) < 4.78 is 54.4. The van der Waals surface area contributed by atoms with Gasteiger partial charge in [0.25, 0.3) is 0 Å².